The fraction of sp³-hybridized carbons (Fsp3) is 0.545. The number of nitrogens with zero attached hydrogens (tertiary/aromatic N) is 3. The summed E-state index contributed by atoms with van der Waals surface area (Å²) in [5.41, 5.74) is 1.20. The van der Waals surface area contributed by atoms with Crippen molar-refractivity contribution in [3.8, 4) is 0 Å². The molecule has 4 heteroatoms. The molecule has 0 spiro atoms. The van der Waals surface area contributed by atoms with Gasteiger partial charge in [0.1, 0.15) is 0 Å². The molecule has 0 aliphatic carbocycles. The molecule has 1 aliphatic heterocycles. The van der Waals surface area contributed by atoms with Crippen molar-refractivity contribution in [1.82, 2.24) is 13.0 Å². The third-order valence-electron chi connectivity index (χ3n) is 2.73. The zero-order chi connectivity index (χ0) is 10.5. The van der Waals surface area contributed by atoms with Crippen LogP contribution in [0.15, 0.2) is 24.4 Å². The van der Waals surface area contributed by atoms with E-state index < -0.39 is 0 Å². The third-order valence-corrected chi connectivity index (χ3v) is 3.69. The highest BCUT2D eigenvalue weighted by molar-refractivity contribution is 14.1. The van der Waals surface area contributed by atoms with Crippen molar-refractivity contribution in [3.05, 3.63) is 30.1 Å². The maximum atomic E-state index is 4.34. The number of pyridine rings is 1. The van der Waals surface area contributed by atoms with E-state index in [1.807, 2.05) is 12.3 Å². The van der Waals surface area contributed by atoms with E-state index in [2.05, 4.69) is 48.0 Å². The Morgan fingerprint density at radius 2 is 2.00 bits per heavy atom. The van der Waals surface area contributed by atoms with Crippen molar-refractivity contribution >= 4 is 22.9 Å². The first-order chi connectivity index (χ1) is 7.34. The molecule has 15 heavy (non-hydrogen) atoms. The van der Waals surface area contributed by atoms with Gasteiger partial charge in [-0.1, -0.05) is 6.07 Å². The first-order valence-corrected chi connectivity index (χ1v) is 6.34. The van der Waals surface area contributed by atoms with Crippen LogP contribution in [0, 0.1) is 0 Å². The lowest BCUT2D eigenvalue weighted by molar-refractivity contribution is 0.207. The Hall–Kier alpha value is -0.200. The highest BCUT2D eigenvalue weighted by Gasteiger charge is 2.14. The normalized spacial score (nSPS) is 19.3. The molecule has 0 amide bonds. The van der Waals surface area contributed by atoms with Gasteiger partial charge in [-0.3, -0.25) is 4.98 Å². The van der Waals surface area contributed by atoms with Gasteiger partial charge in [0.05, 0.1) is 0 Å². The monoisotopic (exact) mass is 317 g/mol. The lowest BCUT2D eigenvalue weighted by Crippen LogP contribution is -2.42. The Morgan fingerprint density at radius 3 is 2.67 bits per heavy atom. The largest absolute Gasteiger partial charge is 0.300 e. The maximum Gasteiger partial charge on any atom is 0.0416 e. The van der Waals surface area contributed by atoms with Crippen LogP contribution in [0.4, 0.5) is 0 Å². The highest BCUT2D eigenvalue weighted by Crippen LogP contribution is 2.07. The van der Waals surface area contributed by atoms with Crippen LogP contribution in [0.25, 0.3) is 0 Å². The second-order valence-electron chi connectivity index (χ2n) is 3.82. The van der Waals surface area contributed by atoms with Crippen LogP contribution in [-0.4, -0.2) is 45.7 Å². The predicted molar refractivity (Wildman–Crippen MR) is 70.0 cm³/mol. The number of piperazine rings is 1. The fourth-order valence-electron chi connectivity index (χ4n) is 1.77. The summed E-state index contributed by atoms with van der Waals surface area (Å²) in [4.78, 5) is 6.86. The van der Waals surface area contributed by atoms with Crippen LogP contribution in [0.3, 0.4) is 0 Å². The Kier molecular flexibility index (Phi) is 4.34. The van der Waals surface area contributed by atoms with Gasteiger partial charge in [0, 0.05) is 73.9 Å². The topological polar surface area (TPSA) is 19.4 Å². The summed E-state index contributed by atoms with van der Waals surface area (Å²) >= 11 is 2.40. The molecule has 0 saturated carbocycles. The molecule has 2 rings (SSSR count). The first kappa shape index (κ1) is 11.3. The smallest absolute Gasteiger partial charge is 0.0416 e. The molecule has 3 nitrogen and oxygen atoms in total. The van der Waals surface area contributed by atoms with Crippen molar-refractivity contribution in [2.24, 2.45) is 0 Å². The summed E-state index contributed by atoms with van der Waals surface area (Å²) in [5.74, 6) is 0. The van der Waals surface area contributed by atoms with E-state index in [1.165, 1.54) is 31.9 Å². The van der Waals surface area contributed by atoms with Gasteiger partial charge in [0.2, 0.25) is 0 Å². The van der Waals surface area contributed by atoms with Crippen molar-refractivity contribution < 1.29 is 0 Å². The van der Waals surface area contributed by atoms with Crippen LogP contribution in [0.5, 0.6) is 0 Å². The zero-order valence-electron chi connectivity index (χ0n) is 8.77. The van der Waals surface area contributed by atoms with Crippen molar-refractivity contribution in [1.29, 1.82) is 0 Å². The molecule has 1 fully saturated rings. The SMILES string of the molecule is IN1CCN(CCc2ccccn2)CC1. The average molecular weight is 317 g/mol. The van der Waals surface area contributed by atoms with Crippen LogP contribution in [0.1, 0.15) is 5.69 Å². The van der Waals surface area contributed by atoms with E-state index in [4.69, 9.17) is 0 Å². The minimum absolute atomic E-state index is 1.07. The number of rotatable bonds is 3. The Bertz CT molecular complexity index is 283. The minimum Gasteiger partial charge on any atom is -0.300 e. The molecule has 0 bridgehead atoms. The van der Waals surface area contributed by atoms with Crippen LogP contribution in [-0.2, 0) is 6.42 Å². The molecule has 82 valence electrons. The number of halogens is 1. The first-order valence-electron chi connectivity index (χ1n) is 5.37. The predicted octanol–water partition coefficient (Wildman–Crippen LogP) is 1.59. The summed E-state index contributed by atoms with van der Waals surface area (Å²) in [7, 11) is 0. The Balaban J connectivity index is 1.74. The van der Waals surface area contributed by atoms with Gasteiger partial charge >= 0.3 is 0 Å². The molecule has 1 aliphatic rings. The molecule has 0 N–H and O–H groups in total. The van der Waals surface area contributed by atoms with Crippen LogP contribution in [0.2, 0.25) is 0 Å². The number of aromatic nitrogens is 1. The average Bonchev–Trinajstić information content (AvgIpc) is 2.30. The van der Waals surface area contributed by atoms with E-state index in [0.717, 1.165) is 13.0 Å². The summed E-state index contributed by atoms with van der Waals surface area (Å²) < 4.78 is 2.36. The van der Waals surface area contributed by atoms with E-state index >= 15 is 0 Å². The third kappa shape index (κ3) is 3.70. The van der Waals surface area contributed by atoms with Crippen molar-refractivity contribution in [2.75, 3.05) is 32.7 Å². The summed E-state index contributed by atoms with van der Waals surface area (Å²) in [5, 5.41) is 0. The van der Waals surface area contributed by atoms with E-state index in [9.17, 15) is 0 Å². The minimum atomic E-state index is 1.07. The Morgan fingerprint density at radius 1 is 1.20 bits per heavy atom. The van der Waals surface area contributed by atoms with E-state index in [1.54, 1.807) is 0 Å². The second kappa shape index (κ2) is 5.77. The molecule has 1 aromatic rings. The highest BCUT2D eigenvalue weighted by atomic mass is 127. The Labute approximate surface area is 105 Å². The molecule has 0 atom stereocenters. The molecular formula is C11H16IN3. The summed E-state index contributed by atoms with van der Waals surface area (Å²) in [6, 6.07) is 6.14. The molecule has 2 heterocycles. The van der Waals surface area contributed by atoms with Gasteiger partial charge in [0.25, 0.3) is 0 Å². The number of hydrogen-bond acceptors (Lipinski definition) is 3. The number of hydrogen-bond donors (Lipinski definition) is 0. The van der Waals surface area contributed by atoms with Gasteiger partial charge in [-0.25, -0.2) is 3.11 Å². The molecule has 0 unspecified atom stereocenters. The van der Waals surface area contributed by atoms with Crippen molar-refractivity contribution in [3.63, 3.8) is 0 Å². The van der Waals surface area contributed by atoms with E-state index in [0.29, 0.717) is 0 Å². The van der Waals surface area contributed by atoms with Gasteiger partial charge in [-0.05, 0) is 12.1 Å². The molecule has 1 aromatic heterocycles. The zero-order valence-corrected chi connectivity index (χ0v) is 10.9. The van der Waals surface area contributed by atoms with Gasteiger partial charge in [-0.15, -0.1) is 0 Å². The quantitative estimate of drug-likeness (QED) is 0.623. The lowest BCUT2D eigenvalue weighted by Gasteiger charge is -2.30. The second-order valence-corrected chi connectivity index (χ2v) is 5.19. The van der Waals surface area contributed by atoms with Crippen LogP contribution < -0.4 is 0 Å². The fourth-order valence-corrected chi connectivity index (χ4v) is 2.20. The molecule has 0 radical (unpaired) electrons. The van der Waals surface area contributed by atoms with Gasteiger partial charge in [-0.2, -0.15) is 0 Å². The molecular weight excluding hydrogens is 301 g/mol. The summed E-state index contributed by atoms with van der Waals surface area (Å²) in [6.07, 6.45) is 2.94. The lowest BCUT2D eigenvalue weighted by atomic mass is 10.2. The maximum absolute atomic E-state index is 4.34. The molecule has 1 saturated heterocycles. The van der Waals surface area contributed by atoms with Gasteiger partial charge < -0.3 is 4.90 Å². The van der Waals surface area contributed by atoms with Crippen LogP contribution >= 0.6 is 22.9 Å². The summed E-state index contributed by atoms with van der Waals surface area (Å²) in [6.45, 7) is 5.89. The standard InChI is InChI=1S/C11H16IN3/c12-15-9-7-14(8-10-15)6-4-11-3-1-2-5-13-11/h1-3,5H,4,6-10H2. The van der Waals surface area contributed by atoms with E-state index in [-0.39, 0.29) is 0 Å². The molecule has 0 aromatic carbocycles. The van der Waals surface area contributed by atoms with Gasteiger partial charge in [0.15, 0.2) is 0 Å². The van der Waals surface area contributed by atoms with Crippen molar-refractivity contribution in [2.45, 2.75) is 6.42 Å².